The number of aromatic nitrogens is 1. The standard InChI is InChI=1S/C14H18N2O/c1-10-3-5-13-7-12(4-6-14(13)16-10)8-15-11(2)9-17/h3-7,11,15,17H,8-9H2,1-2H3/t11-/m1/s1. The lowest BCUT2D eigenvalue weighted by Gasteiger charge is -2.11. The van der Waals surface area contributed by atoms with E-state index in [9.17, 15) is 0 Å². The zero-order chi connectivity index (χ0) is 12.3. The van der Waals surface area contributed by atoms with E-state index >= 15 is 0 Å². The van der Waals surface area contributed by atoms with Gasteiger partial charge >= 0.3 is 0 Å². The van der Waals surface area contributed by atoms with Gasteiger partial charge in [-0.15, -0.1) is 0 Å². The van der Waals surface area contributed by atoms with Crippen molar-refractivity contribution in [1.29, 1.82) is 0 Å². The molecule has 0 aliphatic carbocycles. The first-order chi connectivity index (χ1) is 8.19. The Morgan fingerprint density at radius 2 is 2.12 bits per heavy atom. The molecule has 1 aromatic heterocycles. The molecular formula is C14H18N2O. The SMILES string of the molecule is Cc1ccc2cc(CN[C@H](C)CO)ccc2n1. The first-order valence-corrected chi connectivity index (χ1v) is 5.89. The quantitative estimate of drug-likeness (QED) is 0.844. The van der Waals surface area contributed by atoms with Gasteiger partial charge in [0.25, 0.3) is 0 Å². The van der Waals surface area contributed by atoms with Gasteiger partial charge in [-0.25, -0.2) is 0 Å². The maximum absolute atomic E-state index is 8.94. The summed E-state index contributed by atoms with van der Waals surface area (Å²) in [6.07, 6.45) is 0. The highest BCUT2D eigenvalue weighted by molar-refractivity contribution is 5.79. The highest BCUT2D eigenvalue weighted by Crippen LogP contribution is 2.14. The van der Waals surface area contributed by atoms with Crippen LogP contribution >= 0.6 is 0 Å². The van der Waals surface area contributed by atoms with Crippen LogP contribution in [0.25, 0.3) is 10.9 Å². The van der Waals surface area contributed by atoms with Gasteiger partial charge in [-0.05, 0) is 37.6 Å². The summed E-state index contributed by atoms with van der Waals surface area (Å²) < 4.78 is 0. The first-order valence-electron chi connectivity index (χ1n) is 5.89. The van der Waals surface area contributed by atoms with Gasteiger partial charge in [0.05, 0.1) is 12.1 Å². The number of hydrogen-bond acceptors (Lipinski definition) is 3. The molecule has 0 spiro atoms. The van der Waals surface area contributed by atoms with E-state index < -0.39 is 0 Å². The van der Waals surface area contributed by atoms with E-state index in [1.54, 1.807) is 0 Å². The van der Waals surface area contributed by atoms with E-state index in [1.807, 2.05) is 26.0 Å². The Morgan fingerprint density at radius 1 is 1.29 bits per heavy atom. The number of hydrogen-bond donors (Lipinski definition) is 2. The van der Waals surface area contributed by atoms with Gasteiger partial charge in [0.15, 0.2) is 0 Å². The molecule has 0 unspecified atom stereocenters. The second kappa shape index (κ2) is 5.25. The van der Waals surface area contributed by atoms with Crippen LogP contribution in [0.3, 0.4) is 0 Å². The molecule has 1 atom stereocenters. The third-order valence-electron chi connectivity index (χ3n) is 2.82. The summed E-state index contributed by atoms with van der Waals surface area (Å²) in [6.45, 7) is 4.89. The molecule has 0 saturated heterocycles. The lowest BCUT2D eigenvalue weighted by molar-refractivity contribution is 0.251. The Morgan fingerprint density at radius 3 is 2.88 bits per heavy atom. The lowest BCUT2D eigenvalue weighted by atomic mass is 10.1. The van der Waals surface area contributed by atoms with Crippen LogP contribution in [-0.2, 0) is 6.54 Å². The second-order valence-electron chi connectivity index (χ2n) is 4.44. The smallest absolute Gasteiger partial charge is 0.0705 e. The molecule has 0 aliphatic rings. The number of rotatable bonds is 4. The summed E-state index contributed by atoms with van der Waals surface area (Å²) in [6, 6.07) is 10.5. The average molecular weight is 230 g/mol. The maximum Gasteiger partial charge on any atom is 0.0705 e. The normalized spacial score (nSPS) is 12.9. The topological polar surface area (TPSA) is 45.1 Å². The molecule has 0 aliphatic heterocycles. The number of benzene rings is 1. The van der Waals surface area contributed by atoms with Gasteiger partial charge in [-0.1, -0.05) is 12.1 Å². The summed E-state index contributed by atoms with van der Waals surface area (Å²) in [4.78, 5) is 4.47. The third-order valence-corrected chi connectivity index (χ3v) is 2.82. The van der Waals surface area contributed by atoms with E-state index in [0.29, 0.717) is 0 Å². The molecule has 2 aromatic rings. The molecule has 0 fully saturated rings. The molecule has 1 aromatic carbocycles. The van der Waals surface area contributed by atoms with Crippen molar-refractivity contribution in [2.45, 2.75) is 26.4 Å². The van der Waals surface area contributed by atoms with E-state index in [-0.39, 0.29) is 12.6 Å². The number of aryl methyl sites for hydroxylation is 1. The molecule has 2 rings (SSSR count). The minimum absolute atomic E-state index is 0.127. The summed E-state index contributed by atoms with van der Waals surface area (Å²) in [7, 11) is 0. The minimum atomic E-state index is 0.127. The number of nitrogens with one attached hydrogen (secondary N) is 1. The van der Waals surface area contributed by atoms with E-state index in [4.69, 9.17) is 5.11 Å². The fraction of sp³-hybridized carbons (Fsp3) is 0.357. The molecule has 17 heavy (non-hydrogen) atoms. The number of nitrogens with zero attached hydrogens (tertiary/aromatic N) is 1. The van der Waals surface area contributed by atoms with Crippen LogP contribution in [0.1, 0.15) is 18.2 Å². The number of fused-ring (bicyclic) bond motifs is 1. The molecular weight excluding hydrogens is 212 g/mol. The first kappa shape index (κ1) is 12.0. The molecule has 3 nitrogen and oxygen atoms in total. The van der Waals surface area contributed by atoms with Gasteiger partial charge in [0.2, 0.25) is 0 Å². The number of pyridine rings is 1. The van der Waals surface area contributed by atoms with Gasteiger partial charge in [0.1, 0.15) is 0 Å². The van der Waals surface area contributed by atoms with Crippen molar-refractivity contribution in [3.63, 3.8) is 0 Å². The van der Waals surface area contributed by atoms with Gasteiger partial charge in [-0.2, -0.15) is 0 Å². The predicted octanol–water partition coefficient (Wildman–Crippen LogP) is 2.01. The van der Waals surface area contributed by atoms with Crippen LogP contribution in [0.15, 0.2) is 30.3 Å². The summed E-state index contributed by atoms with van der Waals surface area (Å²) in [5, 5.41) is 13.4. The Balaban J connectivity index is 2.17. The van der Waals surface area contributed by atoms with Crippen LogP contribution in [0.4, 0.5) is 0 Å². The Kier molecular flexibility index (Phi) is 3.71. The van der Waals surface area contributed by atoms with Crippen molar-refractivity contribution in [3.05, 3.63) is 41.6 Å². The zero-order valence-corrected chi connectivity index (χ0v) is 10.3. The molecule has 90 valence electrons. The molecule has 1 heterocycles. The van der Waals surface area contributed by atoms with Crippen LogP contribution < -0.4 is 5.32 Å². The molecule has 0 amide bonds. The number of aliphatic hydroxyl groups excluding tert-OH is 1. The van der Waals surface area contributed by atoms with Crippen molar-refractivity contribution >= 4 is 10.9 Å². The van der Waals surface area contributed by atoms with Crippen LogP contribution in [-0.4, -0.2) is 22.7 Å². The van der Waals surface area contributed by atoms with Gasteiger partial charge < -0.3 is 10.4 Å². The minimum Gasteiger partial charge on any atom is -0.395 e. The molecule has 0 bridgehead atoms. The Bertz CT molecular complexity index is 511. The van der Waals surface area contributed by atoms with Crippen LogP contribution in [0, 0.1) is 6.92 Å². The average Bonchev–Trinajstić information content (AvgIpc) is 2.35. The van der Waals surface area contributed by atoms with E-state index in [0.717, 1.165) is 23.1 Å². The fourth-order valence-corrected chi connectivity index (χ4v) is 1.74. The largest absolute Gasteiger partial charge is 0.395 e. The second-order valence-corrected chi connectivity index (χ2v) is 4.44. The highest BCUT2D eigenvalue weighted by Gasteiger charge is 2.01. The third kappa shape index (κ3) is 3.02. The fourth-order valence-electron chi connectivity index (χ4n) is 1.74. The Labute approximate surface area is 102 Å². The summed E-state index contributed by atoms with van der Waals surface area (Å²) >= 11 is 0. The van der Waals surface area contributed by atoms with E-state index in [2.05, 4.69) is 28.5 Å². The maximum atomic E-state index is 8.94. The Hall–Kier alpha value is -1.45. The van der Waals surface area contributed by atoms with Gasteiger partial charge in [0, 0.05) is 23.7 Å². The van der Waals surface area contributed by atoms with Crippen molar-refractivity contribution in [2.75, 3.05) is 6.61 Å². The molecule has 0 saturated carbocycles. The molecule has 0 radical (unpaired) electrons. The van der Waals surface area contributed by atoms with Gasteiger partial charge in [-0.3, -0.25) is 4.98 Å². The van der Waals surface area contributed by atoms with Crippen molar-refractivity contribution in [2.24, 2.45) is 0 Å². The summed E-state index contributed by atoms with van der Waals surface area (Å²) in [5.41, 5.74) is 3.28. The van der Waals surface area contributed by atoms with Crippen LogP contribution in [0.2, 0.25) is 0 Å². The lowest BCUT2D eigenvalue weighted by Crippen LogP contribution is -2.28. The van der Waals surface area contributed by atoms with E-state index in [1.165, 1.54) is 5.56 Å². The zero-order valence-electron chi connectivity index (χ0n) is 10.3. The molecule has 3 heteroatoms. The van der Waals surface area contributed by atoms with Crippen molar-refractivity contribution in [1.82, 2.24) is 10.3 Å². The number of aliphatic hydroxyl groups is 1. The summed E-state index contributed by atoms with van der Waals surface area (Å²) in [5.74, 6) is 0. The molecule has 2 N–H and O–H groups in total. The van der Waals surface area contributed by atoms with Crippen LogP contribution in [0.5, 0.6) is 0 Å². The van der Waals surface area contributed by atoms with Crippen molar-refractivity contribution < 1.29 is 5.11 Å². The monoisotopic (exact) mass is 230 g/mol. The predicted molar refractivity (Wildman–Crippen MR) is 69.9 cm³/mol. The highest BCUT2D eigenvalue weighted by atomic mass is 16.3. The van der Waals surface area contributed by atoms with Crippen molar-refractivity contribution in [3.8, 4) is 0 Å².